The van der Waals surface area contributed by atoms with E-state index in [4.69, 9.17) is 16.3 Å². The quantitative estimate of drug-likeness (QED) is 0.681. The van der Waals surface area contributed by atoms with Crippen LogP contribution in [0.5, 0.6) is 5.75 Å². The topological polar surface area (TPSA) is 38.3 Å². The van der Waals surface area contributed by atoms with Crippen molar-refractivity contribution in [3.8, 4) is 5.75 Å². The van der Waals surface area contributed by atoms with Crippen LogP contribution in [0.2, 0.25) is 0 Å². The Bertz CT molecular complexity index is 436. The minimum atomic E-state index is -0.102. The first-order valence-electron chi connectivity index (χ1n) is 6.80. The van der Waals surface area contributed by atoms with E-state index in [0.29, 0.717) is 11.3 Å². The molecule has 2 unspecified atom stereocenters. The minimum absolute atomic E-state index is 0.0288. The Morgan fingerprint density at radius 1 is 1.26 bits per heavy atom. The maximum atomic E-state index is 12.3. The lowest BCUT2D eigenvalue weighted by Gasteiger charge is -2.21. The van der Waals surface area contributed by atoms with Crippen LogP contribution >= 0.6 is 11.6 Å². The first-order valence-corrected chi connectivity index (χ1v) is 7.24. The molecule has 2 rings (SSSR count). The number of carbonyl (C=O) groups excluding carboxylic acids is 1. The summed E-state index contributed by atoms with van der Waals surface area (Å²) in [6.07, 6.45) is 5.40. The SMILES string of the molecule is COc1ccccc1C(=O)NC1CCCCCC1Cl. The third-order valence-electron chi connectivity index (χ3n) is 3.60. The summed E-state index contributed by atoms with van der Waals surface area (Å²) in [5, 5.41) is 3.08. The number of nitrogens with one attached hydrogen (secondary N) is 1. The molecule has 0 heterocycles. The summed E-state index contributed by atoms with van der Waals surface area (Å²) in [7, 11) is 1.57. The zero-order valence-corrected chi connectivity index (χ0v) is 12.0. The van der Waals surface area contributed by atoms with Gasteiger partial charge in [0.25, 0.3) is 5.91 Å². The molecule has 19 heavy (non-hydrogen) atoms. The highest BCUT2D eigenvalue weighted by Crippen LogP contribution is 2.23. The summed E-state index contributed by atoms with van der Waals surface area (Å²) < 4.78 is 5.21. The molecule has 0 saturated heterocycles. The van der Waals surface area contributed by atoms with Gasteiger partial charge in [0, 0.05) is 6.04 Å². The van der Waals surface area contributed by atoms with E-state index in [0.717, 1.165) is 25.7 Å². The Hall–Kier alpha value is -1.22. The van der Waals surface area contributed by atoms with E-state index in [1.807, 2.05) is 12.1 Å². The molecule has 1 fully saturated rings. The van der Waals surface area contributed by atoms with E-state index in [1.165, 1.54) is 6.42 Å². The van der Waals surface area contributed by atoms with E-state index >= 15 is 0 Å². The molecule has 1 amide bonds. The first-order chi connectivity index (χ1) is 9.22. The van der Waals surface area contributed by atoms with Gasteiger partial charge >= 0.3 is 0 Å². The molecular formula is C15H20ClNO2. The van der Waals surface area contributed by atoms with E-state index in [-0.39, 0.29) is 17.3 Å². The fourth-order valence-corrected chi connectivity index (χ4v) is 2.85. The average Bonchev–Trinajstić information content (AvgIpc) is 2.64. The number of carbonyl (C=O) groups is 1. The Morgan fingerprint density at radius 2 is 2.00 bits per heavy atom. The number of rotatable bonds is 3. The third-order valence-corrected chi connectivity index (χ3v) is 4.12. The third kappa shape index (κ3) is 3.63. The van der Waals surface area contributed by atoms with Gasteiger partial charge in [-0.05, 0) is 25.0 Å². The molecule has 1 aliphatic rings. The molecule has 1 aliphatic carbocycles. The monoisotopic (exact) mass is 281 g/mol. The number of benzene rings is 1. The number of hydrogen-bond donors (Lipinski definition) is 1. The molecule has 1 aromatic carbocycles. The molecule has 0 radical (unpaired) electrons. The number of methoxy groups -OCH3 is 1. The first kappa shape index (κ1) is 14.2. The molecule has 1 aromatic rings. The Balaban J connectivity index is 2.07. The van der Waals surface area contributed by atoms with Gasteiger partial charge in [0.05, 0.1) is 18.1 Å². The lowest BCUT2D eigenvalue weighted by Crippen LogP contribution is -2.40. The summed E-state index contributed by atoms with van der Waals surface area (Å²) in [4.78, 5) is 12.3. The van der Waals surface area contributed by atoms with E-state index in [9.17, 15) is 4.79 Å². The zero-order chi connectivity index (χ0) is 13.7. The molecular weight excluding hydrogens is 262 g/mol. The van der Waals surface area contributed by atoms with Crippen LogP contribution in [0.1, 0.15) is 42.5 Å². The molecule has 1 saturated carbocycles. The van der Waals surface area contributed by atoms with Gasteiger partial charge in [-0.2, -0.15) is 0 Å². The number of hydrogen-bond acceptors (Lipinski definition) is 2. The van der Waals surface area contributed by atoms with Crippen LogP contribution < -0.4 is 10.1 Å². The smallest absolute Gasteiger partial charge is 0.255 e. The van der Waals surface area contributed by atoms with Crippen molar-refractivity contribution in [2.45, 2.75) is 43.5 Å². The second-order valence-corrected chi connectivity index (χ2v) is 5.49. The van der Waals surface area contributed by atoms with Gasteiger partial charge in [-0.15, -0.1) is 11.6 Å². The highest BCUT2D eigenvalue weighted by molar-refractivity contribution is 6.21. The zero-order valence-electron chi connectivity index (χ0n) is 11.2. The molecule has 0 bridgehead atoms. The summed E-state index contributed by atoms with van der Waals surface area (Å²) in [6.45, 7) is 0. The van der Waals surface area contributed by atoms with Crippen molar-refractivity contribution in [2.24, 2.45) is 0 Å². The largest absolute Gasteiger partial charge is 0.496 e. The van der Waals surface area contributed by atoms with Crippen LogP contribution in [0.4, 0.5) is 0 Å². The van der Waals surface area contributed by atoms with Crippen LogP contribution in [-0.2, 0) is 0 Å². The summed E-state index contributed by atoms with van der Waals surface area (Å²) >= 11 is 6.35. The van der Waals surface area contributed by atoms with Gasteiger partial charge < -0.3 is 10.1 Å². The van der Waals surface area contributed by atoms with Gasteiger partial charge in [0.15, 0.2) is 0 Å². The summed E-state index contributed by atoms with van der Waals surface area (Å²) in [5.41, 5.74) is 0.568. The molecule has 104 valence electrons. The van der Waals surface area contributed by atoms with Gasteiger partial charge in [0.2, 0.25) is 0 Å². The van der Waals surface area contributed by atoms with E-state index in [1.54, 1.807) is 19.2 Å². The van der Waals surface area contributed by atoms with Crippen LogP contribution in [0.3, 0.4) is 0 Å². The fraction of sp³-hybridized carbons (Fsp3) is 0.533. The predicted octanol–water partition coefficient (Wildman–Crippen LogP) is 3.37. The number of amides is 1. The van der Waals surface area contributed by atoms with Crippen molar-refractivity contribution < 1.29 is 9.53 Å². The normalized spacial score (nSPS) is 23.5. The molecule has 4 heteroatoms. The molecule has 1 N–H and O–H groups in total. The van der Waals surface area contributed by atoms with Crippen molar-refractivity contribution in [2.75, 3.05) is 7.11 Å². The molecule has 0 aliphatic heterocycles. The van der Waals surface area contributed by atoms with E-state index < -0.39 is 0 Å². The second-order valence-electron chi connectivity index (χ2n) is 4.93. The summed E-state index contributed by atoms with van der Waals surface area (Å²) in [6, 6.07) is 7.31. The second kappa shape index (κ2) is 6.80. The van der Waals surface area contributed by atoms with Crippen LogP contribution in [-0.4, -0.2) is 24.4 Å². The minimum Gasteiger partial charge on any atom is -0.496 e. The van der Waals surface area contributed by atoms with Gasteiger partial charge in [-0.1, -0.05) is 31.4 Å². The Morgan fingerprint density at radius 3 is 2.79 bits per heavy atom. The standard InChI is InChI=1S/C15H20ClNO2/c1-19-14-10-6-5-7-11(14)15(18)17-13-9-4-2-3-8-12(13)16/h5-7,10,12-13H,2-4,8-9H2,1H3,(H,17,18). The van der Waals surface area contributed by atoms with Crippen molar-refractivity contribution in [3.05, 3.63) is 29.8 Å². The maximum Gasteiger partial charge on any atom is 0.255 e. The predicted molar refractivity (Wildman–Crippen MR) is 77.0 cm³/mol. The molecule has 0 aromatic heterocycles. The highest BCUT2D eigenvalue weighted by Gasteiger charge is 2.24. The molecule has 0 spiro atoms. The average molecular weight is 282 g/mol. The van der Waals surface area contributed by atoms with Crippen molar-refractivity contribution in [3.63, 3.8) is 0 Å². The Labute approximate surface area is 119 Å². The lowest BCUT2D eigenvalue weighted by atomic mass is 10.1. The Kier molecular flexibility index (Phi) is 5.08. The van der Waals surface area contributed by atoms with Gasteiger partial charge in [-0.25, -0.2) is 0 Å². The van der Waals surface area contributed by atoms with Crippen LogP contribution in [0.25, 0.3) is 0 Å². The van der Waals surface area contributed by atoms with Crippen molar-refractivity contribution in [1.29, 1.82) is 0 Å². The molecule has 3 nitrogen and oxygen atoms in total. The van der Waals surface area contributed by atoms with Crippen molar-refractivity contribution >= 4 is 17.5 Å². The lowest BCUT2D eigenvalue weighted by molar-refractivity contribution is 0.0931. The number of para-hydroxylation sites is 1. The van der Waals surface area contributed by atoms with Crippen molar-refractivity contribution in [1.82, 2.24) is 5.32 Å². The maximum absolute atomic E-state index is 12.3. The van der Waals surface area contributed by atoms with Crippen LogP contribution in [0.15, 0.2) is 24.3 Å². The van der Waals surface area contributed by atoms with Crippen LogP contribution in [0, 0.1) is 0 Å². The number of halogens is 1. The van der Waals surface area contributed by atoms with Gasteiger partial charge in [-0.3, -0.25) is 4.79 Å². The summed E-state index contributed by atoms with van der Waals surface area (Å²) in [5.74, 6) is 0.495. The number of alkyl halides is 1. The van der Waals surface area contributed by atoms with E-state index in [2.05, 4.69) is 5.32 Å². The highest BCUT2D eigenvalue weighted by atomic mass is 35.5. The fourth-order valence-electron chi connectivity index (χ4n) is 2.50. The van der Waals surface area contributed by atoms with Gasteiger partial charge in [0.1, 0.15) is 5.75 Å². The number of ether oxygens (including phenoxy) is 1. The molecule has 2 atom stereocenters.